The Morgan fingerprint density at radius 1 is 1.04 bits per heavy atom. The number of rotatable bonds is 8. The number of halogens is 1. The summed E-state index contributed by atoms with van der Waals surface area (Å²) in [5.41, 5.74) is 1.48. The topological polar surface area (TPSA) is 84.5 Å². The zero-order valence-electron chi connectivity index (χ0n) is 14.9. The van der Waals surface area contributed by atoms with Crippen molar-refractivity contribution in [3.05, 3.63) is 70.7 Å². The average Bonchev–Trinajstić information content (AvgIpc) is 2.68. The van der Waals surface area contributed by atoms with Crippen LogP contribution in [0, 0.1) is 0 Å². The second-order valence-corrected chi connectivity index (χ2v) is 6.33. The van der Waals surface area contributed by atoms with Crippen molar-refractivity contribution in [3.8, 4) is 0 Å². The number of hydrogen-bond donors (Lipinski definition) is 2. The summed E-state index contributed by atoms with van der Waals surface area (Å²) >= 11 is 5.81. The highest BCUT2D eigenvalue weighted by molar-refractivity contribution is 6.30. The van der Waals surface area contributed by atoms with Crippen molar-refractivity contribution in [1.82, 2.24) is 10.6 Å². The number of nitrogens with one attached hydrogen (secondary N) is 2. The highest BCUT2D eigenvalue weighted by Crippen LogP contribution is 2.09. The van der Waals surface area contributed by atoms with Gasteiger partial charge in [-0.3, -0.25) is 9.59 Å². The molecule has 0 radical (unpaired) electrons. The molecule has 1 atom stereocenters. The van der Waals surface area contributed by atoms with E-state index in [0.717, 1.165) is 5.56 Å². The van der Waals surface area contributed by atoms with Crippen LogP contribution in [0.15, 0.2) is 54.6 Å². The van der Waals surface area contributed by atoms with Crippen LogP contribution in [-0.4, -0.2) is 37.0 Å². The molecule has 0 aliphatic rings. The lowest BCUT2D eigenvalue weighted by Gasteiger charge is -2.13. The van der Waals surface area contributed by atoms with Gasteiger partial charge in [0.25, 0.3) is 11.8 Å². The summed E-state index contributed by atoms with van der Waals surface area (Å²) in [4.78, 5) is 35.7. The zero-order valence-corrected chi connectivity index (χ0v) is 15.7. The quantitative estimate of drug-likeness (QED) is 0.680. The lowest BCUT2D eigenvalue weighted by molar-refractivity contribution is -0.150. The van der Waals surface area contributed by atoms with E-state index in [1.807, 2.05) is 12.1 Å². The molecule has 0 heterocycles. The van der Waals surface area contributed by atoms with Gasteiger partial charge in [0, 0.05) is 17.1 Å². The first-order chi connectivity index (χ1) is 13.0. The highest BCUT2D eigenvalue weighted by Gasteiger charge is 2.18. The fraction of sp³-hybridized carbons (Fsp3) is 0.250. The van der Waals surface area contributed by atoms with Crippen LogP contribution >= 0.6 is 11.6 Å². The second-order valence-electron chi connectivity index (χ2n) is 5.90. The minimum atomic E-state index is -0.862. The van der Waals surface area contributed by atoms with Crippen molar-refractivity contribution < 1.29 is 19.1 Å². The summed E-state index contributed by atoms with van der Waals surface area (Å²) in [6, 6.07) is 15.0. The first-order valence-corrected chi connectivity index (χ1v) is 8.87. The van der Waals surface area contributed by atoms with Crippen LogP contribution in [0.3, 0.4) is 0 Å². The molecule has 1 unspecified atom stereocenters. The van der Waals surface area contributed by atoms with Crippen molar-refractivity contribution in [3.63, 3.8) is 0 Å². The molecule has 2 aromatic rings. The largest absolute Gasteiger partial charge is 0.454 e. The van der Waals surface area contributed by atoms with Gasteiger partial charge in [-0.15, -0.1) is 0 Å². The fourth-order valence-electron chi connectivity index (χ4n) is 2.24. The van der Waals surface area contributed by atoms with Crippen LogP contribution < -0.4 is 10.6 Å². The molecular weight excluding hydrogens is 368 g/mol. The standard InChI is InChI=1S/C20H21ClN2O4/c1-14(23-19(25)16-5-3-2-4-6-16)20(26)27-13-18(24)22-12-11-15-7-9-17(21)10-8-15/h2-10,14H,11-13H2,1H3,(H,22,24)(H,23,25). The summed E-state index contributed by atoms with van der Waals surface area (Å²) in [5.74, 6) is -1.46. The number of ether oxygens (including phenoxy) is 1. The fourth-order valence-corrected chi connectivity index (χ4v) is 2.36. The summed E-state index contributed by atoms with van der Waals surface area (Å²) < 4.78 is 4.94. The molecule has 0 saturated heterocycles. The predicted molar refractivity (Wildman–Crippen MR) is 102 cm³/mol. The Morgan fingerprint density at radius 2 is 1.70 bits per heavy atom. The number of hydrogen-bond acceptors (Lipinski definition) is 4. The minimum Gasteiger partial charge on any atom is -0.454 e. The Morgan fingerprint density at radius 3 is 2.37 bits per heavy atom. The van der Waals surface area contributed by atoms with Gasteiger partial charge in [-0.05, 0) is 43.2 Å². The molecule has 0 aliphatic heterocycles. The molecule has 0 bridgehead atoms. The van der Waals surface area contributed by atoms with Gasteiger partial charge in [-0.1, -0.05) is 41.9 Å². The number of carbonyl (C=O) groups is 3. The summed E-state index contributed by atoms with van der Waals surface area (Å²) in [6.07, 6.45) is 0.639. The molecule has 0 fully saturated rings. The molecule has 0 aromatic heterocycles. The Kier molecular flexibility index (Phi) is 7.82. The first-order valence-electron chi connectivity index (χ1n) is 8.49. The van der Waals surface area contributed by atoms with Crippen molar-refractivity contribution in [2.75, 3.05) is 13.2 Å². The Hall–Kier alpha value is -2.86. The lowest BCUT2D eigenvalue weighted by atomic mass is 10.1. The van der Waals surface area contributed by atoms with E-state index < -0.39 is 24.5 Å². The Balaban J connectivity index is 1.67. The van der Waals surface area contributed by atoms with E-state index in [2.05, 4.69) is 10.6 Å². The van der Waals surface area contributed by atoms with Crippen LogP contribution in [0.5, 0.6) is 0 Å². The Bertz CT molecular complexity index is 778. The maximum atomic E-state index is 12.0. The van der Waals surface area contributed by atoms with Gasteiger partial charge in [0.1, 0.15) is 6.04 Å². The van der Waals surface area contributed by atoms with Gasteiger partial charge in [0.15, 0.2) is 6.61 Å². The zero-order chi connectivity index (χ0) is 19.6. The molecular formula is C20H21ClN2O4. The maximum Gasteiger partial charge on any atom is 0.328 e. The van der Waals surface area contributed by atoms with Crippen LogP contribution in [0.25, 0.3) is 0 Å². The molecule has 0 saturated carbocycles. The first kappa shape index (κ1) is 20.5. The van der Waals surface area contributed by atoms with E-state index >= 15 is 0 Å². The van der Waals surface area contributed by atoms with Crippen molar-refractivity contribution >= 4 is 29.4 Å². The van der Waals surface area contributed by atoms with Gasteiger partial charge < -0.3 is 15.4 Å². The molecule has 142 valence electrons. The summed E-state index contributed by atoms with van der Waals surface area (Å²) in [6.45, 7) is 1.52. The number of amides is 2. The lowest BCUT2D eigenvalue weighted by Crippen LogP contribution is -2.41. The third-order valence-corrected chi connectivity index (χ3v) is 3.98. The molecule has 2 amide bonds. The molecule has 0 spiro atoms. The molecule has 27 heavy (non-hydrogen) atoms. The molecule has 2 N–H and O–H groups in total. The molecule has 2 rings (SSSR count). The molecule has 6 nitrogen and oxygen atoms in total. The smallest absolute Gasteiger partial charge is 0.328 e. The third-order valence-electron chi connectivity index (χ3n) is 3.73. The van der Waals surface area contributed by atoms with Crippen molar-refractivity contribution in [1.29, 1.82) is 0 Å². The number of carbonyl (C=O) groups excluding carboxylic acids is 3. The molecule has 7 heteroatoms. The van der Waals surface area contributed by atoms with E-state index in [0.29, 0.717) is 23.6 Å². The normalized spacial score (nSPS) is 11.3. The van der Waals surface area contributed by atoms with E-state index in [4.69, 9.17) is 16.3 Å². The second kappa shape index (κ2) is 10.3. The van der Waals surface area contributed by atoms with E-state index in [1.165, 1.54) is 6.92 Å². The van der Waals surface area contributed by atoms with Crippen LogP contribution in [0.2, 0.25) is 5.02 Å². The monoisotopic (exact) mass is 388 g/mol. The summed E-state index contributed by atoms with van der Waals surface area (Å²) in [5, 5.41) is 5.86. The van der Waals surface area contributed by atoms with Crippen molar-refractivity contribution in [2.45, 2.75) is 19.4 Å². The molecule has 0 aliphatic carbocycles. The third kappa shape index (κ3) is 7.11. The molecule has 2 aromatic carbocycles. The number of benzene rings is 2. The van der Waals surface area contributed by atoms with E-state index in [-0.39, 0.29) is 5.91 Å². The average molecular weight is 389 g/mol. The number of esters is 1. The maximum absolute atomic E-state index is 12.0. The van der Waals surface area contributed by atoms with E-state index in [1.54, 1.807) is 42.5 Å². The summed E-state index contributed by atoms with van der Waals surface area (Å²) in [7, 11) is 0. The van der Waals surface area contributed by atoms with Crippen LogP contribution in [0.4, 0.5) is 0 Å². The van der Waals surface area contributed by atoms with Gasteiger partial charge >= 0.3 is 5.97 Å². The predicted octanol–water partition coefficient (Wildman–Crippen LogP) is 2.36. The van der Waals surface area contributed by atoms with Gasteiger partial charge in [-0.2, -0.15) is 0 Å². The van der Waals surface area contributed by atoms with Gasteiger partial charge in [0.05, 0.1) is 0 Å². The van der Waals surface area contributed by atoms with Gasteiger partial charge in [-0.25, -0.2) is 4.79 Å². The van der Waals surface area contributed by atoms with E-state index in [9.17, 15) is 14.4 Å². The van der Waals surface area contributed by atoms with Crippen LogP contribution in [-0.2, 0) is 20.7 Å². The minimum absolute atomic E-state index is 0.382. The SMILES string of the molecule is CC(NC(=O)c1ccccc1)C(=O)OCC(=O)NCCc1ccc(Cl)cc1. The van der Waals surface area contributed by atoms with Crippen LogP contribution in [0.1, 0.15) is 22.8 Å². The van der Waals surface area contributed by atoms with Crippen molar-refractivity contribution in [2.24, 2.45) is 0 Å². The van der Waals surface area contributed by atoms with Gasteiger partial charge in [0.2, 0.25) is 0 Å². The Labute approximate surface area is 162 Å². The highest BCUT2D eigenvalue weighted by atomic mass is 35.5.